The third-order valence-corrected chi connectivity index (χ3v) is 4.00. The number of amides is 2. The van der Waals surface area contributed by atoms with Crippen LogP contribution in [0.5, 0.6) is 0 Å². The maximum Gasteiger partial charge on any atom is 0.275 e. The van der Waals surface area contributed by atoms with Gasteiger partial charge in [0.25, 0.3) is 11.8 Å². The van der Waals surface area contributed by atoms with Crippen LogP contribution in [0.3, 0.4) is 0 Å². The van der Waals surface area contributed by atoms with Gasteiger partial charge < -0.3 is 11.1 Å². The zero-order chi connectivity index (χ0) is 19.9. The number of pyridine rings is 1. The minimum absolute atomic E-state index is 0.259. The van der Waals surface area contributed by atoms with Crippen LogP contribution in [0.4, 0.5) is 11.5 Å². The van der Waals surface area contributed by atoms with Gasteiger partial charge >= 0.3 is 0 Å². The maximum atomic E-state index is 12.5. The van der Waals surface area contributed by atoms with Gasteiger partial charge in [-0.15, -0.1) is 0 Å². The van der Waals surface area contributed by atoms with E-state index in [1.54, 1.807) is 60.7 Å². The Kier molecular flexibility index (Phi) is 5.98. The van der Waals surface area contributed by atoms with Crippen molar-refractivity contribution in [2.45, 2.75) is 0 Å². The number of benzene rings is 2. The number of hydrogen-bond donors (Lipinski definition) is 3. The SMILES string of the molecule is NC(=O)c1ccccc1Nc1ncccc1C(=O)N/N=C/c1ccc(Cl)cc1. The summed E-state index contributed by atoms with van der Waals surface area (Å²) >= 11 is 5.83. The van der Waals surface area contributed by atoms with E-state index in [0.717, 1.165) is 5.56 Å². The normalized spacial score (nSPS) is 10.6. The van der Waals surface area contributed by atoms with Crippen LogP contribution >= 0.6 is 11.6 Å². The van der Waals surface area contributed by atoms with Crippen molar-refractivity contribution < 1.29 is 9.59 Å². The van der Waals surface area contributed by atoms with Crippen molar-refractivity contribution in [3.8, 4) is 0 Å². The molecule has 0 fully saturated rings. The van der Waals surface area contributed by atoms with Crippen LogP contribution in [-0.2, 0) is 0 Å². The fourth-order valence-electron chi connectivity index (χ4n) is 2.40. The molecule has 0 unspecified atom stereocenters. The van der Waals surface area contributed by atoms with E-state index in [9.17, 15) is 9.59 Å². The lowest BCUT2D eigenvalue weighted by atomic mass is 10.1. The smallest absolute Gasteiger partial charge is 0.275 e. The lowest BCUT2D eigenvalue weighted by Crippen LogP contribution is -2.20. The Balaban J connectivity index is 1.77. The summed E-state index contributed by atoms with van der Waals surface area (Å²) in [5.74, 6) is -0.773. The standard InChI is InChI=1S/C20H16ClN5O2/c21-14-9-7-13(8-10-14)12-24-26-20(28)16-5-3-11-23-19(16)25-17-6-2-1-4-15(17)18(22)27/h1-12H,(H2,22,27)(H,23,25)(H,26,28)/b24-12+. The van der Waals surface area contributed by atoms with Gasteiger partial charge in [0.15, 0.2) is 0 Å². The second-order valence-corrected chi connectivity index (χ2v) is 6.12. The Hall–Kier alpha value is -3.71. The molecule has 0 aliphatic heterocycles. The Morgan fingerprint density at radius 2 is 1.71 bits per heavy atom. The number of halogens is 1. The molecule has 1 aromatic heterocycles. The van der Waals surface area contributed by atoms with Gasteiger partial charge in [-0.3, -0.25) is 9.59 Å². The quantitative estimate of drug-likeness (QED) is 0.440. The first-order valence-corrected chi connectivity index (χ1v) is 8.62. The number of carbonyl (C=O) groups is 2. The molecule has 2 amide bonds. The first-order valence-electron chi connectivity index (χ1n) is 8.24. The maximum absolute atomic E-state index is 12.5. The number of primary amides is 1. The molecule has 0 bridgehead atoms. The number of nitrogens with zero attached hydrogens (tertiary/aromatic N) is 2. The van der Waals surface area contributed by atoms with E-state index >= 15 is 0 Å². The summed E-state index contributed by atoms with van der Waals surface area (Å²) in [5, 5.41) is 7.54. The summed E-state index contributed by atoms with van der Waals surface area (Å²) in [6, 6.07) is 16.9. The van der Waals surface area contributed by atoms with Crippen molar-refractivity contribution in [2.24, 2.45) is 10.8 Å². The molecule has 3 rings (SSSR count). The molecule has 0 saturated heterocycles. The van der Waals surface area contributed by atoms with Crippen LogP contribution in [0.15, 0.2) is 72.0 Å². The van der Waals surface area contributed by atoms with Gasteiger partial charge in [0.2, 0.25) is 0 Å². The number of nitrogens with one attached hydrogen (secondary N) is 2. The number of hydrazone groups is 1. The zero-order valence-electron chi connectivity index (χ0n) is 14.6. The predicted molar refractivity (Wildman–Crippen MR) is 109 cm³/mol. The number of aromatic nitrogens is 1. The summed E-state index contributed by atoms with van der Waals surface area (Å²) in [5.41, 5.74) is 9.63. The van der Waals surface area contributed by atoms with E-state index in [2.05, 4.69) is 20.8 Å². The van der Waals surface area contributed by atoms with Gasteiger partial charge in [0, 0.05) is 11.2 Å². The van der Waals surface area contributed by atoms with Crippen molar-refractivity contribution in [2.75, 3.05) is 5.32 Å². The lowest BCUT2D eigenvalue weighted by Gasteiger charge is -2.12. The molecule has 0 aliphatic carbocycles. The molecular weight excluding hydrogens is 378 g/mol. The molecule has 7 nitrogen and oxygen atoms in total. The van der Waals surface area contributed by atoms with Gasteiger partial charge in [-0.25, -0.2) is 10.4 Å². The number of hydrogen-bond acceptors (Lipinski definition) is 5. The van der Waals surface area contributed by atoms with E-state index < -0.39 is 11.8 Å². The summed E-state index contributed by atoms with van der Waals surface area (Å²) in [6.07, 6.45) is 3.03. The molecule has 0 spiro atoms. The van der Waals surface area contributed by atoms with Gasteiger partial charge in [-0.2, -0.15) is 5.10 Å². The highest BCUT2D eigenvalue weighted by atomic mass is 35.5. The van der Waals surface area contributed by atoms with Crippen LogP contribution in [0.1, 0.15) is 26.3 Å². The van der Waals surface area contributed by atoms with Crippen molar-refractivity contribution in [1.82, 2.24) is 10.4 Å². The zero-order valence-corrected chi connectivity index (χ0v) is 15.4. The molecule has 0 radical (unpaired) electrons. The molecular formula is C20H16ClN5O2. The number of rotatable bonds is 6. The van der Waals surface area contributed by atoms with Crippen molar-refractivity contribution in [3.05, 3.63) is 88.6 Å². The summed E-state index contributed by atoms with van der Waals surface area (Å²) < 4.78 is 0. The summed E-state index contributed by atoms with van der Waals surface area (Å²) in [6.45, 7) is 0. The van der Waals surface area contributed by atoms with Crippen molar-refractivity contribution in [3.63, 3.8) is 0 Å². The van der Waals surface area contributed by atoms with Gasteiger partial charge in [-0.1, -0.05) is 35.9 Å². The number of carbonyl (C=O) groups excluding carboxylic acids is 2. The van der Waals surface area contributed by atoms with Crippen LogP contribution in [0.25, 0.3) is 0 Å². The first kappa shape index (κ1) is 19.1. The number of nitrogens with two attached hydrogens (primary N) is 1. The number of para-hydroxylation sites is 1. The Morgan fingerprint density at radius 1 is 1.00 bits per heavy atom. The first-order chi connectivity index (χ1) is 13.5. The fraction of sp³-hybridized carbons (Fsp3) is 0. The molecule has 28 heavy (non-hydrogen) atoms. The van der Waals surface area contributed by atoms with E-state index in [0.29, 0.717) is 16.3 Å². The second-order valence-electron chi connectivity index (χ2n) is 5.69. The predicted octanol–water partition coefficient (Wildman–Crippen LogP) is 3.34. The molecule has 2 aromatic carbocycles. The van der Waals surface area contributed by atoms with Gasteiger partial charge in [0.05, 0.1) is 23.0 Å². The topological polar surface area (TPSA) is 109 Å². The summed E-state index contributed by atoms with van der Waals surface area (Å²) in [7, 11) is 0. The highest BCUT2D eigenvalue weighted by molar-refractivity contribution is 6.30. The number of anilines is 2. The van der Waals surface area contributed by atoms with E-state index in [-0.39, 0.29) is 11.4 Å². The van der Waals surface area contributed by atoms with Crippen LogP contribution < -0.4 is 16.5 Å². The van der Waals surface area contributed by atoms with Crippen molar-refractivity contribution in [1.29, 1.82) is 0 Å². The summed E-state index contributed by atoms with van der Waals surface area (Å²) in [4.78, 5) is 28.3. The van der Waals surface area contributed by atoms with E-state index in [4.69, 9.17) is 17.3 Å². The van der Waals surface area contributed by atoms with E-state index in [1.165, 1.54) is 12.4 Å². The highest BCUT2D eigenvalue weighted by Gasteiger charge is 2.14. The van der Waals surface area contributed by atoms with Crippen molar-refractivity contribution >= 4 is 41.1 Å². The average molecular weight is 394 g/mol. The van der Waals surface area contributed by atoms with Crippen LogP contribution in [-0.4, -0.2) is 23.0 Å². The fourth-order valence-corrected chi connectivity index (χ4v) is 2.52. The minimum atomic E-state index is -0.586. The molecule has 0 atom stereocenters. The third kappa shape index (κ3) is 4.72. The third-order valence-electron chi connectivity index (χ3n) is 3.75. The molecule has 3 aromatic rings. The Labute approximate surface area is 166 Å². The van der Waals surface area contributed by atoms with E-state index in [1.807, 2.05) is 0 Å². The molecule has 4 N–H and O–H groups in total. The van der Waals surface area contributed by atoms with Crippen LogP contribution in [0, 0.1) is 0 Å². The molecule has 1 heterocycles. The minimum Gasteiger partial charge on any atom is -0.366 e. The second kappa shape index (κ2) is 8.79. The lowest BCUT2D eigenvalue weighted by molar-refractivity contribution is 0.0954. The van der Waals surface area contributed by atoms with Gasteiger partial charge in [-0.05, 0) is 42.0 Å². The highest BCUT2D eigenvalue weighted by Crippen LogP contribution is 2.21. The molecule has 0 saturated carbocycles. The van der Waals surface area contributed by atoms with Crippen LogP contribution in [0.2, 0.25) is 5.02 Å². The Morgan fingerprint density at radius 3 is 2.46 bits per heavy atom. The molecule has 0 aliphatic rings. The molecule has 8 heteroatoms. The monoisotopic (exact) mass is 393 g/mol. The average Bonchev–Trinajstić information content (AvgIpc) is 2.70. The largest absolute Gasteiger partial charge is 0.366 e. The van der Waals surface area contributed by atoms with Gasteiger partial charge in [0.1, 0.15) is 5.82 Å². The molecule has 140 valence electrons. The Bertz CT molecular complexity index is 1030.